The Balaban J connectivity index is 2.41. The normalized spacial score (nSPS) is 18.1. The zero-order valence-corrected chi connectivity index (χ0v) is 10.1. The minimum absolute atomic E-state index is 0.307. The molecule has 6 heteroatoms. The van der Waals surface area contributed by atoms with Gasteiger partial charge in [0.05, 0.1) is 19.8 Å². The van der Waals surface area contributed by atoms with Crippen LogP contribution in [0.2, 0.25) is 0 Å². The quantitative estimate of drug-likeness (QED) is 0.714. The van der Waals surface area contributed by atoms with Crippen LogP contribution in [-0.2, 0) is 14.3 Å². The van der Waals surface area contributed by atoms with Crippen LogP contribution in [0.4, 0.5) is 0 Å². The summed E-state index contributed by atoms with van der Waals surface area (Å²) < 4.78 is 10.7. The number of rotatable bonds is 4. The van der Waals surface area contributed by atoms with E-state index in [2.05, 4.69) is 0 Å². The highest BCUT2D eigenvalue weighted by Gasteiger charge is 2.24. The first kappa shape index (κ1) is 13.0. The maximum Gasteiger partial charge on any atom is 0.256 e. The third-order valence-electron chi connectivity index (χ3n) is 2.15. The number of ether oxygens (including phenoxy) is 2. The van der Waals surface area contributed by atoms with Crippen LogP contribution in [0.1, 0.15) is 13.3 Å². The van der Waals surface area contributed by atoms with Gasteiger partial charge in [0.25, 0.3) is 5.91 Å². The molecule has 4 nitrogen and oxygen atoms in total. The molecule has 0 saturated carbocycles. The smallest absolute Gasteiger partial charge is 0.256 e. The summed E-state index contributed by atoms with van der Waals surface area (Å²) in [5.41, 5.74) is 0. The monoisotopic (exact) mass is 255 g/mol. The molecule has 0 N–H and O–H groups in total. The number of carbonyl (C=O) groups excluding carboxylic acids is 1. The topological polar surface area (TPSA) is 38.8 Å². The van der Waals surface area contributed by atoms with Crippen molar-refractivity contribution in [3.63, 3.8) is 0 Å². The van der Waals surface area contributed by atoms with E-state index in [1.54, 1.807) is 0 Å². The highest BCUT2D eigenvalue weighted by atomic mass is 35.5. The van der Waals surface area contributed by atoms with Crippen molar-refractivity contribution >= 4 is 29.1 Å². The first-order valence-corrected chi connectivity index (χ1v) is 5.82. The molecule has 1 aliphatic heterocycles. The summed E-state index contributed by atoms with van der Waals surface area (Å²) in [7, 11) is 0. The Morgan fingerprint density at radius 2 is 2.07 bits per heavy atom. The van der Waals surface area contributed by atoms with Gasteiger partial charge in [0, 0.05) is 6.54 Å². The van der Waals surface area contributed by atoms with Crippen LogP contribution in [0, 0.1) is 0 Å². The van der Waals surface area contributed by atoms with Crippen molar-refractivity contribution in [1.82, 2.24) is 4.90 Å². The van der Waals surface area contributed by atoms with Gasteiger partial charge in [0.15, 0.2) is 11.1 Å². The van der Waals surface area contributed by atoms with Gasteiger partial charge in [0.2, 0.25) is 0 Å². The fourth-order valence-corrected chi connectivity index (χ4v) is 1.61. The molecule has 0 aromatic rings. The molecule has 0 radical (unpaired) electrons. The molecule has 1 aliphatic rings. The lowest BCUT2D eigenvalue weighted by atomic mass is 10.4. The van der Waals surface area contributed by atoms with Gasteiger partial charge in [-0.15, -0.1) is 0 Å². The minimum Gasteiger partial charge on any atom is -0.351 e. The van der Waals surface area contributed by atoms with Crippen LogP contribution >= 0.6 is 23.2 Å². The molecule has 0 atom stereocenters. The maximum absolute atomic E-state index is 11.5. The molecule has 0 unspecified atom stereocenters. The van der Waals surface area contributed by atoms with Crippen LogP contribution in [0.15, 0.2) is 0 Å². The Morgan fingerprint density at radius 1 is 1.47 bits per heavy atom. The Bertz CT molecular complexity index is 208. The van der Waals surface area contributed by atoms with Gasteiger partial charge in [-0.2, -0.15) is 0 Å². The first-order valence-electron chi connectivity index (χ1n) is 4.95. The summed E-state index contributed by atoms with van der Waals surface area (Å²) in [5, 5.41) is 0. The van der Waals surface area contributed by atoms with E-state index < -0.39 is 4.84 Å². The van der Waals surface area contributed by atoms with E-state index in [0.29, 0.717) is 26.3 Å². The van der Waals surface area contributed by atoms with E-state index in [1.165, 1.54) is 4.90 Å². The Hall–Kier alpha value is -0.0300. The van der Waals surface area contributed by atoms with E-state index in [0.717, 1.165) is 6.42 Å². The fourth-order valence-electron chi connectivity index (χ4n) is 1.33. The second-order valence-corrected chi connectivity index (χ2v) is 4.30. The number of carbonyl (C=O) groups is 1. The predicted octanol–water partition coefficient (Wildman–Crippen LogP) is 1.40. The Kier molecular flexibility index (Phi) is 5.68. The number of amides is 1. The van der Waals surface area contributed by atoms with Gasteiger partial charge in [0.1, 0.15) is 0 Å². The van der Waals surface area contributed by atoms with Gasteiger partial charge in [-0.1, -0.05) is 23.2 Å². The average molecular weight is 256 g/mol. The second kappa shape index (κ2) is 6.53. The van der Waals surface area contributed by atoms with Crippen molar-refractivity contribution in [3.05, 3.63) is 0 Å². The molecular weight excluding hydrogens is 241 g/mol. The fraction of sp³-hybridized carbons (Fsp3) is 0.889. The summed E-state index contributed by atoms with van der Waals surface area (Å²) in [4.78, 5) is 12.0. The van der Waals surface area contributed by atoms with Crippen molar-refractivity contribution in [2.75, 3.05) is 26.3 Å². The molecule has 88 valence electrons. The lowest BCUT2D eigenvalue weighted by molar-refractivity contribution is -0.188. The molecule has 0 aliphatic carbocycles. The van der Waals surface area contributed by atoms with Gasteiger partial charge in [-0.3, -0.25) is 4.79 Å². The number of alkyl halides is 2. The lowest BCUT2D eigenvalue weighted by Crippen LogP contribution is -2.43. The predicted molar refractivity (Wildman–Crippen MR) is 58.1 cm³/mol. The standard InChI is InChI=1S/C9H15Cl2NO3/c1-2-12(9(13)8(10)11)6-7-14-4-3-5-15-7/h7-8H,2-6H2,1H3. The van der Waals surface area contributed by atoms with Crippen LogP contribution in [-0.4, -0.2) is 48.2 Å². The molecule has 1 saturated heterocycles. The zero-order chi connectivity index (χ0) is 11.3. The molecule has 1 fully saturated rings. The molecular formula is C9H15Cl2NO3. The molecule has 0 aromatic carbocycles. The number of hydrogen-bond donors (Lipinski definition) is 0. The highest BCUT2D eigenvalue weighted by Crippen LogP contribution is 2.11. The second-order valence-electron chi connectivity index (χ2n) is 3.20. The summed E-state index contributed by atoms with van der Waals surface area (Å²) in [6, 6.07) is 0. The van der Waals surface area contributed by atoms with Crippen LogP contribution in [0.3, 0.4) is 0 Å². The Morgan fingerprint density at radius 3 is 2.53 bits per heavy atom. The third-order valence-corrected chi connectivity index (χ3v) is 2.52. The summed E-state index contributed by atoms with van der Waals surface area (Å²) in [6.07, 6.45) is 0.541. The highest BCUT2D eigenvalue weighted by molar-refractivity contribution is 6.53. The van der Waals surface area contributed by atoms with Gasteiger partial charge < -0.3 is 14.4 Å². The van der Waals surface area contributed by atoms with Crippen molar-refractivity contribution < 1.29 is 14.3 Å². The summed E-state index contributed by atoms with van der Waals surface area (Å²) >= 11 is 11.0. The third kappa shape index (κ3) is 4.15. The van der Waals surface area contributed by atoms with Crippen molar-refractivity contribution in [3.8, 4) is 0 Å². The zero-order valence-electron chi connectivity index (χ0n) is 8.62. The molecule has 1 heterocycles. The van der Waals surface area contributed by atoms with Crippen molar-refractivity contribution in [2.45, 2.75) is 24.5 Å². The number of halogens is 2. The number of nitrogens with zero attached hydrogens (tertiary/aromatic N) is 1. The number of likely N-dealkylation sites (N-methyl/N-ethyl adjacent to an activating group) is 1. The summed E-state index contributed by atoms with van der Waals surface area (Å²) in [5.74, 6) is -0.307. The van der Waals surface area contributed by atoms with E-state index >= 15 is 0 Å². The SMILES string of the molecule is CCN(CC1OCCCO1)C(=O)C(Cl)Cl. The molecule has 15 heavy (non-hydrogen) atoms. The summed E-state index contributed by atoms with van der Waals surface area (Å²) in [6.45, 7) is 4.11. The van der Waals surface area contributed by atoms with E-state index in [4.69, 9.17) is 32.7 Å². The van der Waals surface area contributed by atoms with Crippen LogP contribution in [0.25, 0.3) is 0 Å². The van der Waals surface area contributed by atoms with Crippen LogP contribution < -0.4 is 0 Å². The maximum atomic E-state index is 11.5. The van der Waals surface area contributed by atoms with E-state index in [1.807, 2.05) is 6.92 Å². The van der Waals surface area contributed by atoms with Gasteiger partial charge in [-0.25, -0.2) is 0 Å². The largest absolute Gasteiger partial charge is 0.351 e. The molecule has 0 bridgehead atoms. The molecule has 1 rings (SSSR count). The van der Waals surface area contributed by atoms with Gasteiger partial charge >= 0.3 is 0 Å². The Labute approximate surface area is 99.4 Å². The minimum atomic E-state index is -1.02. The molecule has 1 amide bonds. The molecule has 0 spiro atoms. The molecule has 0 aromatic heterocycles. The number of hydrogen-bond acceptors (Lipinski definition) is 3. The van der Waals surface area contributed by atoms with Crippen LogP contribution in [0.5, 0.6) is 0 Å². The first-order chi connectivity index (χ1) is 7.15. The average Bonchev–Trinajstić information content (AvgIpc) is 2.26. The lowest BCUT2D eigenvalue weighted by Gasteiger charge is -2.29. The van der Waals surface area contributed by atoms with Gasteiger partial charge in [-0.05, 0) is 13.3 Å². The van der Waals surface area contributed by atoms with Crippen molar-refractivity contribution in [1.29, 1.82) is 0 Å². The van der Waals surface area contributed by atoms with Crippen molar-refractivity contribution in [2.24, 2.45) is 0 Å². The van der Waals surface area contributed by atoms with E-state index in [9.17, 15) is 4.79 Å². The van der Waals surface area contributed by atoms with E-state index in [-0.39, 0.29) is 12.2 Å².